The first-order valence-corrected chi connectivity index (χ1v) is 6.39. The van der Waals surface area contributed by atoms with Crippen LogP contribution >= 0.6 is 0 Å². The summed E-state index contributed by atoms with van der Waals surface area (Å²) in [6.45, 7) is 2.01. The molecule has 1 heteroatoms. The molecule has 0 bridgehead atoms. The fourth-order valence-corrected chi connectivity index (χ4v) is 2.06. The Kier molecular flexibility index (Phi) is 4.30. The number of rotatable bonds is 5. The van der Waals surface area contributed by atoms with Crippen LogP contribution in [0.5, 0.6) is 0 Å². The lowest BCUT2D eigenvalue weighted by molar-refractivity contribution is 0.0980. The van der Waals surface area contributed by atoms with Gasteiger partial charge in [0.05, 0.1) is 0 Å². The van der Waals surface area contributed by atoms with Gasteiger partial charge >= 0.3 is 0 Å². The summed E-state index contributed by atoms with van der Waals surface area (Å²) in [6, 6.07) is 18.1. The molecule has 2 aromatic carbocycles. The molecular formula is C17H18O. The Hall–Kier alpha value is -1.89. The second-order valence-corrected chi connectivity index (χ2v) is 4.63. The van der Waals surface area contributed by atoms with Gasteiger partial charge in [0, 0.05) is 12.0 Å². The van der Waals surface area contributed by atoms with Gasteiger partial charge in [0.2, 0.25) is 0 Å². The fourth-order valence-electron chi connectivity index (χ4n) is 2.06. The number of benzene rings is 2. The van der Waals surface area contributed by atoms with Crippen LogP contribution in [-0.2, 0) is 6.42 Å². The standard InChI is InChI=1S/C17H18O/c1-14-7-5-11-16(13-14)17(18)12-6-10-15-8-3-2-4-9-15/h2-5,7-9,11,13H,6,10,12H2,1H3. The lowest BCUT2D eigenvalue weighted by Gasteiger charge is -2.03. The van der Waals surface area contributed by atoms with E-state index in [1.165, 1.54) is 5.56 Å². The van der Waals surface area contributed by atoms with Gasteiger partial charge in [0.1, 0.15) is 0 Å². The predicted molar refractivity (Wildman–Crippen MR) is 74.9 cm³/mol. The monoisotopic (exact) mass is 238 g/mol. The molecule has 0 aliphatic carbocycles. The topological polar surface area (TPSA) is 17.1 Å². The van der Waals surface area contributed by atoms with E-state index in [1.807, 2.05) is 49.4 Å². The van der Waals surface area contributed by atoms with Crippen molar-refractivity contribution in [2.75, 3.05) is 0 Å². The van der Waals surface area contributed by atoms with Gasteiger partial charge in [0.25, 0.3) is 0 Å². The Labute approximate surface area is 108 Å². The highest BCUT2D eigenvalue weighted by atomic mass is 16.1. The number of carbonyl (C=O) groups excluding carboxylic acids is 1. The van der Waals surface area contributed by atoms with Gasteiger partial charge in [-0.05, 0) is 31.4 Å². The zero-order chi connectivity index (χ0) is 12.8. The summed E-state index contributed by atoms with van der Waals surface area (Å²) < 4.78 is 0. The molecule has 2 rings (SSSR count). The average Bonchev–Trinajstić information content (AvgIpc) is 2.40. The molecule has 0 aliphatic rings. The summed E-state index contributed by atoms with van der Waals surface area (Å²) in [5, 5.41) is 0. The molecule has 0 saturated carbocycles. The van der Waals surface area contributed by atoms with Crippen molar-refractivity contribution in [1.82, 2.24) is 0 Å². The van der Waals surface area contributed by atoms with E-state index in [4.69, 9.17) is 0 Å². The van der Waals surface area contributed by atoms with Crippen LogP contribution in [0.4, 0.5) is 0 Å². The van der Waals surface area contributed by atoms with Crippen molar-refractivity contribution >= 4 is 5.78 Å². The molecule has 0 heterocycles. The molecule has 0 atom stereocenters. The van der Waals surface area contributed by atoms with Crippen molar-refractivity contribution in [2.24, 2.45) is 0 Å². The van der Waals surface area contributed by atoms with Crippen LogP contribution in [0.25, 0.3) is 0 Å². The predicted octanol–water partition coefficient (Wildman–Crippen LogP) is 4.20. The molecular weight excluding hydrogens is 220 g/mol. The van der Waals surface area contributed by atoms with Crippen LogP contribution in [0.1, 0.15) is 34.3 Å². The Morgan fingerprint density at radius 1 is 1.00 bits per heavy atom. The normalized spacial score (nSPS) is 10.3. The average molecular weight is 238 g/mol. The van der Waals surface area contributed by atoms with Gasteiger partial charge < -0.3 is 0 Å². The molecule has 0 unspecified atom stereocenters. The summed E-state index contributed by atoms with van der Waals surface area (Å²) in [5.41, 5.74) is 3.28. The Bertz CT molecular complexity index is 514. The third-order valence-corrected chi connectivity index (χ3v) is 3.05. The molecule has 0 aromatic heterocycles. The molecule has 0 N–H and O–H groups in total. The largest absolute Gasteiger partial charge is 0.294 e. The van der Waals surface area contributed by atoms with Gasteiger partial charge in [-0.2, -0.15) is 0 Å². The summed E-state index contributed by atoms with van der Waals surface area (Å²) in [6.07, 6.45) is 2.51. The van der Waals surface area contributed by atoms with Crippen LogP contribution in [0.3, 0.4) is 0 Å². The number of aryl methyl sites for hydroxylation is 2. The van der Waals surface area contributed by atoms with E-state index in [-0.39, 0.29) is 5.78 Å². The first-order valence-electron chi connectivity index (χ1n) is 6.39. The maximum atomic E-state index is 12.0. The first kappa shape index (κ1) is 12.6. The smallest absolute Gasteiger partial charge is 0.162 e. The molecule has 1 nitrogen and oxygen atoms in total. The fraction of sp³-hybridized carbons (Fsp3) is 0.235. The minimum atomic E-state index is 0.245. The third kappa shape index (κ3) is 3.56. The van der Waals surface area contributed by atoms with E-state index in [0.29, 0.717) is 6.42 Å². The van der Waals surface area contributed by atoms with Gasteiger partial charge in [-0.3, -0.25) is 4.79 Å². The number of hydrogen-bond acceptors (Lipinski definition) is 1. The lowest BCUT2D eigenvalue weighted by Crippen LogP contribution is -2.00. The highest BCUT2D eigenvalue weighted by Crippen LogP contribution is 2.10. The Morgan fingerprint density at radius 3 is 2.50 bits per heavy atom. The third-order valence-electron chi connectivity index (χ3n) is 3.05. The van der Waals surface area contributed by atoms with Crippen LogP contribution in [0, 0.1) is 6.92 Å². The summed E-state index contributed by atoms with van der Waals surface area (Å²) >= 11 is 0. The summed E-state index contributed by atoms with van der Waals surface area (Å²) in [7, 11) is 0. The van der Waals surface area contributed by atoms with Crippen molar-refractivity contribution in [3.05, 3.63) is 71.3 Å². The quantitative estimate of drug-likeness (QED) is 0.713. The molecule has 2 aromatic rings. The number of ketones is 1. The summed E-state index contributed by atoms with van der Waals surface area (Å²) in [5.74, 6) is 0.245. The van der Waals surface area contributed by atoms with Crippen molar-refractivity contribution in [2.45, 2.75) is 26.2 Å². The summed E-state index contributed by atoms with van der Waals surface area (Å²) in [4.78, 5) is 12.0. The van der Waals surface area contributed by atoms with Gasteiger partial charge in [-0.25, -0.2) is 0 Å². The van der Waals surface area contributed by atoms with E-state index in [1.54, 1.807) is 0 Å². The van der Waals surface area contributed by atoms with E-state index < -0.39 is 0 Å². The van der Waals surface area contributed by atoms with Gasteiger partial charge in [-0.15, -0.1) is 0 Å². The molecule has 0 radical (unpaired) electrons. The lowest BCUT2D eigenvalue weighted by atomic mass is 10.0. The number of carbonyl (C=O) groups is 1. The Balaban J connectivity index is 1.86. The van der Waals surface area contributed by atoms with Crippen molar-refractivity contribution in [3.8, 4) is 0 Å². The van der Waals surface area contributed by atoms with E-state index in [0.717, 1.165) is 24.0 Å². The second-order valence-electron chi connectivity index (χ2n) is 4.63. The van der Waals surface area contributed by atoms with E-state index in [2.05, 4.69) is 12.1 Å². The molecule has 0 fully saturated rings. The molecule has 0 spiro atoms. The van der Waals surface area contributed by atoms with Crippen LogP contribution in [0.2, 0.25) is 0 Å². The van der Waals surface area contributed by atoms with Crippen LogP contribution < -0.4 is 0 Å². The minimum Gasteiger partial charge on any atom is -0.294 e. The maximum Gasteiger partial charge on any atom is 0.162 e. The number of Topliss-reactive ketones (excluding diaryl/α,β-unsaturated/α-hetero) is 1. The Morgan fingerprint density at radius 2 is 1.78 bits per heavy atom. The van der Waals surface area contributed by atoms with Crippen molar-refractivity contribution < 1.29 is 4.79 Å². The minimum absolute atomic E-state index is 0.245. The molecule has 92 valence electrons. The van der Waals surface area contributed by atoms with Gasteiger partial charge in [0.15, 0.2) is 5.78 Å². The van der Waals surface area contributed by atoms with Crippen molar-refractivity contribution in [3.63, 3.8) is 0 Å². The molecule has 0 aliphatic heterocycles. The highest BCUT2D eigenvalue weighted by molar-refractivity contribution is 5.96. The first-order chi connectivity index (χ1) is 8.75. The highest BCUT2D eigenvalue weighted by Gasteiger charge is 2.05. The van der Waals surface area contributed by atoms with E-state index >= 15 is 0 Å². The second kappa shape index (κ2) is 6.15. The zero-order valence-electron chi connectivity index (χ0n) is 10.7. The molecule has 0 saturated heterocycles. The zero-order valence-corrected chi connectivity index (χ0v) is 10.7. The van der Waals surface area contributed by atoms with Crippen molar-refractivity contribution in [1.29, 1.82) is 0 Å². The SMILES string of the molecule is Cc1cccc(C(=O)CCCc2ccccc2)c1. The van der Waals surface area contributed by atoms with Crippen LogP contribution in [0.15, 0.2) is 54.6 Å². The maximum absolute atomic E-state index is 12.0. The molecule has 18 heavy (non-hydrogen) atoms. The van der Waals surface area contributed by atoms with Gasteiger partial charge in [-0.1, -0.05) is 54.1 Å². The van der Waals surface area contributed by atoms with Crippen LogP contribution in [-0.4, -0.2) is 5.78 Å². The number of hydrogen-bond donors (Lipinski definition) is 0. The molecule has 0 amide bonds. The van der Waals surface area contributed by atoms with E-state index in [9.17, 15) is 4.79 Å².